The van der Waals surface area contributed by atoms with Gasteiger partial charge in [0.05, 0.1) is 12.5 Å². The number of fused-ring (bicyclic) bond motifs is 1. The smallest absolute Gasteiger partial charge is 0.229 e. The standard InChI is InChI=1S/C18H24N4O2.ClH/c1-12(19-3)10-17-20-18(24-21-17)11-16-15-7-5-4-6-14(15)8-9-22(16)13(2)23;/h4-7,12,16,19H,8-11H2,1-3H3;1H. The van der Waals surface area contributed by atoms with Gasteiger partial charge >= 0.3 is 0 Å². The normalized spacial score (nSPS) is 17.6. The van der Waals surface area contributed by atoms with Crippen LogP contribution in [0.2, 0.25) is 0 Å². The van der Waals surface area contributed by atoms with Crippen LogP contribution >= 0.6 is 12.4 Å². The predicted molar refractivity (Wildman–Crippen MR) is 97.7 cm³/mol. The van der Waals surface area contributed by atoms with Crippen LogP contribution in [-0.2, 0) is 24.1 Å². The topological polar surface area (TPSA) is 71.3 Å². The second-order valence-corrected chi connectivity index (χ2v) is 6.38. The number of nitrogens with one attached hydrogen (secondary N) is 1. The van der Waals surface area contributed by atoms with Crippen LogP contribution in [0.25, 0.3) is 0 Å². The van der Waals surface area contributed by atoms with E-state index in [1.54, 1.807) is 6.92 Å². The van der Waals surface area contributed by atoms with E-state index >= 15 is 0 Å². The number of halogens is 1. The molecule has 0 spiro atoms. The molecule has 0 saturated carbocycles. The molecule has 0 radical (unpaired) electrons. The highest BCUT2D eigenvalue weighted by atomic mass is 35.5. The number of carbonyl (C=O) groups is 1. The van der Waals surface area contributed by atoms with Crippen molar-refractivity contribution in [2.24, 2.45) is 0 Å². The summed E-state index contributed by atoms with van der Waals surface area (Å²) < 4.78 is 5.43. The number of likely N-dealkylation sites (N-methyl/N-ethyl adjacent to an activating group) is 1. The van der Waals surface area contributed by atoms with Gasteiger partial charge in [0, 0.05) is 25.9 Å². The average Bonchev–Trinajstić information content (AvgIpc) is 3.01. The molecule has 1 amide bonds. The molecule has 2 heterocycles. The Morgan fingerprint density at radius 2 is 2.20 bits per heavy atom. The lowest BCUT2D eigenvalue weighted by molar-refractivity contribution is -0.131. The lowest BCUT2D eigenvalue weighted by atomic mass is 9.90. The Morgan fingerprint density at radius 3 is 2.92 bits per heavy atom. The summed E-state index contributed by atoms with van der Waals surface area (Å²) in [4.78, 5) is 18.5. The number of hydrogen-bond acceptors (Lipinski definition) is 5. The molecule has 0 bridgehead atoms. The molecule has 1 aliphatic heterocycles. The molecular weight excluding hydrogens is 340 g/mol. The Morgan fingerprint density at radius 1 is 1.44 bits per heavy atom. The molecule has 1 N–H and O–H groups in total. The Balaban J connectivity index is 0.00000225. The van der Waals surface area contributed by atoms with Crippen molar-refractivity contribution in [2.45, 2.75) is 45.2 Å². The highest BCUT2D eigenvalue weighted by molar-refractivity contribution is 5.85. The van der Waals surface area contributed by atoms with Crippen molar-refractivity contribution in [2.75, 3.05) is 13.6 Å². The maximum atomic E-state index is 12.0. The van der Waals surface area contributed by atoms with Crippen molar-refractivity contribution in [3.05, 3.63) is 47.1 Å². The van der Waals surface area contributed by atoms with Crippen LogP contribution in [-0.4, -0.2) is 40.6 Å². The van der Waals surface area contributed by atoms with Crippen LogP contribution in [0.3, 0.4) is 0 Å². The fraction of sp³-hybridized carbons (Fsp3) is 0.500. The first-order chi connectivity index (χ1) is 11.6. The Bertz CT molecular complexity index is 719. The third-order valence-corrected chi connectivity index (χ3v) is 4.68. The predicted octanol–water partition coefficient (Wildman–Crippen LogP) is 2.33. The Labute approximate surface area is 154 Å². The van der Waals surface area contributed by atoms with Gasteiger partial charge in [-0.05, 0) is 31.5 Å². The lowest BCUT2D eigenvalue weighted by Crippen LogP contribution is -2.39. The first kappa shape index (κ1) is 19.4. The zero-order valence-electron chi connectivity index (χ0n) is 14.9. The van der Waals surface area contributed by atoms with Gasteiger partial charge in [-0.2, -0.15) is 4.98 Å². The van der Waals surface area contributed by atoms with Crippen LogP contribution in [0.1, 0.15) is 42.7 Å². The van der Waals surface area contributed by atoms with Crippen molar-refractivity contribution >= 4 is 18.3 Å². The van der Waals surface area contributed by atoms with Crippen molar-refractivity contribution < 1.29 is 9.32 Å². The largest absolute Gasteiger partial charge is 0.339 e. The van der Waals surface area contributed by atoms with E-state index in [4.69, 9.17) is 4.52 Å². The molecule has 0 fully saturated rings. The van der Waals surface area contributed by atoms with Crippen LogP contribution in [0.15, 0.2) is 28.8 Å². The summed E-state index contributed by atoms with van der Waals surface area (Å²) in [6, 6.07) is 8.54. The van der Waals surface area contributed by atoms with E-state index in [-0.39, 0.29) is 24.4 Å². The van der Waals surface area contributed by atoms with Gasteiger partial charge in [-0.3, -0.25) is 4.79 Å². The van der Waals surface area contributed by atoms with Gasteiger partial charge in [-0.15, -0.1) is 12.4 Å². The number of benzene rings is 1. The number of hydrogen-bond donors (Lipinski definition) is 1. The summed E-state index contributed by atoms with van der Waals surface area (Å²) in [6.07, 6.45) is 2.16. The molecule has 25 heavy (non-hydrogen) atoms. The first-order valence-corrected chi connectivity index (χ1v) is 8.42. The molecule has 0 aliphatic carbocycles. The van der Waals surface area contributed by atoms with Gasteiger partial charge in [0.2, 0.25) is 11.8 Å². The van der Waals surface area contributed by atoms with Gasteiger partial charge in [0.25, 0.3) is 0 Å². The van der Waals surface area contributed by atoms with Gasteiger partial charge in [0.1, 0.15) is 0 Å². The molecule has 6 nitrogen and oxygen atoms in total. The van der Waals surface area contributed by atoms with Gasteiger partial charge in [-0.1, -0.05) is 29.4 Å². The van der Waals surface area contributed by atoms with Gasteiger partial charge < -0.3 is 14.7 Å². The highest BCUT2D eigenvalue weighted by Crippen LogP contribution is 2.32. The SMILES string of the molecule is CNC(C)Cc1noc(CC2c3ccccc3CCN2C(C)=O)n1.Cl. The maximum Gasteiger partial charge on any atom is 0.229 e. The molecule has 1 aromatic carbocycles. The molecule has 2 aromatic rings. The summed E-state index contributed by atoms with van der Waals surface area (Å²) >= 11 is 0. The van der Waals surface area contributed by atoms with E-state index < -0.39 is 0 Å². The molecule has 1 aromatic heterocycles. The summed E-state index contributed by atoms with van der Waals surface area (Å²) in [7, 11) is 1.91. The lowest BCUT2D eigenvalue weighted by Gasteiger charge is -2.36. The van der Waals surface area contributed by atoms with Crippen molar-refractivity contribution in [3.63, 3.8) is 0 Å². The van der Waals surface area contributed by atoms with E-state index in [2.05, 4.69) is 34.5 Å². The zero-order valence-corrected chi connectivity index (χ0v) is 15.7. The van der Waals surface area contributed by atoms with Crippen LogP contribution in [0.4, 0.5) is 0 Å². The second kappa shape index (κ2) is 8.45. The monoisotopic (exact) mass is 364 g/mol. The summed E-state index contributed by atoms with van der Waals surface area (Å²) in [5.41, 5.74) is 2.48. The summed E-state index contributed by atoms with van der Waals surface area (Å²) in [5, 5.41) is 7.23. The third kappa shape index (κ3) is 4.38. The number of aromatic nitrogens is 2. The number of amides is 1. The third-order valence-electron chi connectivity index (χ3n) is 4.68. The molecule has 3 rings (SSSR count). The molecule has 136 valence electrons. The minimum atomic E-state index is -0.0394. The summed E-state index contributed by atoms with van der Waals surface area (Å²) in [6.45, 7) is 4.43. The van der Waals surface area contributed by atoms with E-state index in [9.17, 15) is 4.79 Å². The van der Waals surface area contributed by atoms with Gasteiger partial charge in [-0.25, -0.2) is 0 Å². The quantitative estimate of drug-likeness (QED) is 0.881. The van der Waals surface area contributed by atoms with E-state index in [0.29, 0.717) is 24.2 Å². The fourth-order valence-corrected chi connectivity index (χ4v) is 3.25. The number of rotatable bonds is 5. The fourth-order valence-electron chi connectivity index (χ4n) is 3.25. The van der Waals surface area contributed by atoms with Crippen LogP contribution < -0.4 is 5.32 Å². The van der Waals surface area contributed by atoms with Crippen LogP contribution in [0, 0.1) is 0 Å². The van der Waals surface area contributed by atoms with Crippen molar-refractivity contribution in [3.8, 4) is 0 Å². The molecule has 7 heteroatoms. The van der Waals surface area contributed by atoms with Gasteiger partial charge in [0.15, 0.2) is 5.82 Å². The highest BCUT2D eigenvalue weighted by Gasteiger charge is 2.30. The zero-order chi connectivity index (χ0) is 17.1. The van der Waals surface area contributed by atoms with Crippen LogP contribution in [0.5, 0.6) is 0 Å². The maximum absolute atomic E-state index is 12.0. The number of nitrogens with zero attached hydrogens (tertiary/aromatic N) is 3. The minimum absolute atomic E-state index is 0. The number of carbonyl (C=O) groups excluding carboxylic acids is 1. The Kier molecular flexibility index (Phi) is 6.56. The van der Waals surface area contributed by atoms with E-state index in [1.807, 2.05) is 24.1 Å². The molecule has 1 aliphatic rings. The minimum Gasteiger partial charge on any atom is -0.339 e. The van der Waals surface area contributed by atoms with E-state index in [0.717, 1.165) is 19.4 Å². The average molecular weight is 365 g/mol. The molecule has 0 saturated heterocycles. The van der Waals surface area contributed by atoms with E-state index in [1.165, 1.54) is 11.1 Å². The molecular formula is C18H25ClN4O2. The second-order valence-electron chi connectivity index (χ2n) is 6.38. The van der Waals surface area contributed by atoms with Crippen molar-refractivity contribution in [1.29, 1.82) is 0 Å². The first-order valence-electron chi connectivity index (χ1n) is 8.42. The molecule has 2 atom stereocenters. The summed E-state index contributed by atoms with van der Waals surface area (Å²) in [5.74, 6) is 1.37. The van der Waals surface area contributed by atoms with Crippen molar-refractivity contribution in [1.82, 2.24) is 20.4 Å². The molecule has 2 unspecified atom stereocenters. The Hall–Kier alpha value is -1.92.